The van der Waals surface area contributed by atoms with Gasteiger partial charge >= 0.3 is 6.03 Å². The van der Waals surface area contributed by atoms with E-state index in [-0.39, 0.29) is 17.4 Å². The molecule has 2 atom stereocenters. The van der Waals surface area contributed by atoms with Crippen molar-refractivity contribution in [2.75, 3.05) is 17.7 Å². The Kier molecular flexibility index (Phi) is 8.89. The summed E-state index contributed by atoms with van der Waals surface area (Å²) in [7, 11) is 1.65. The molecule has 3 amide bonds. The summed E-state index contributed by atoms with van der Waals surface area (Å²) in [6, 6.07) is 26.3. The van der Waals surface area contributed by atoms with Crippen molar-refractivity contribution in [3.63, 3.8) is 0 Å². The van der Waals surface area contributed by atoms with Gasteiger partial charge < -0.3 is 15.0 Å². The molecule has 1 aromatic heterocycles. The third-order valence-electron chi connectivity index (χ3n) is 9.34. The number of aryl methyl sites for hydroxylation is 1. The molecule has 3 aromatic carbocycles. The van der Waals surface area contributed by atoms with Crippen LogP contribution in [0.5, 0.6) is 5.75 Å². The van der Waals surface area contributed by atoms with Crippen molar-refractivity contribution in [3.05, 3.63) is 101 Å². The summed E-state index contributed by atoms with van der Waals surface area (Å²) in [4.78, 5) is 28.6. The zero-order valence-corrected chi connectivity index (χ0v) is 27.5. The number of hydrogen-bond donors (Lipinski definition) is 2. The molecule has 2 aliphatic heterocycles. The average Bonchev–Trinajstić information content (AvgIpc) is 3.57. The van der Waals surface area contributed by atoms with Crippen molar-refractivity contribution in [1.82, 2.24) is 14.7 Å². The van der Waals surface area contributed by atoms with Crippen molar-refractivity contribution >= 4 is 23.4 Å². The monoisotopic (exact) mass is 619 g/mol. The van der Waals surface area contributed by atoms with Gasteiger partial charge in [-0.25, -0.2) is 9.48 Å². The maximum absolute atomic E-state index is 13.3. The highest BCUT2D eigenvalue weighted by Crippen LogP contribution is 2.40. The van der Waals surface area contributed by atoms with Crippen LogP contribution < -0.4 is 15.4 Å². The van der Waals surface area contributed by atoms with Crippen molar-refractivity contribution in [3.8, 4) is 11.4 Å². The van der Waals surface area contributed by atoms with E-state index in [9.17, 15) is 9.59 Å². The predicted octanol–water partition coefficient (Wildman–Crippen LogP) is 7.69. The standard InChI is InChI=1S/C38H45N5O3/c1-25-9-15-30(16-10-25)43-35(24-34(41-43)38(2,3)4)40-37(45)39-29-13-11-26(12-14-29)19-28-20-31-17-18-32(21-28)42(31)36(44)23-27-7-6-8-33(22-27)46-5/h6-16,22,24,28,31-32H,17-21,23H2,1-5H3,(H2,39,40,45). The summed E-state index contributed by atoms with van der Waals surface area (Å²) in [5, 5.41) is 10.8. The molecule has 2 saturated heterocycles. The van der Waals surface area contributed by atoms with Gasteiger partial charge in [0, 0.05) is 29.3 Å². The van der Waals surface area contributed by atoms with Crippen molar-refractivity contribution in [2.45, 2.75) is 83.7 Å². The molecule has 46 heavy (non-hydrogen) atoms. The second-order valence-electron chi connectivity index (χ2n) is 13.9. The van der Waals surface area contributed by atoms with Gasteiger partial charge in [0.15, 0.2) is 0 Å². The zero-order chi connectivity index (χ0) is 32.4. The molecule has 2 bridgehead atoms. The van der Waals surface area contributed by atoms with Crippen LogP contribution in [0.4, 0.5) is 16.3 Å². The van der Waals surface area contributed by atoms with Crippen molar-refractivity contribution < 1.29 is 14.3 Å². The number of urea groups is 1. The van der Waals surface area contributed by atoms with Gasteiger partial charge in [-0.1, -0.05) is 62.7 Å². The number of ether oxygens (including phenoxy) is 1. The van der Waals surface area contributed by atoms with Crippen molar-refractivity contribution in [2.24, 2.45) is 5.92 Å². The molecule has 8 nitrogen and oxygen atoms in total. The lowest BCUT2D eigenvalue weighted by atomic mass is 9.85. The number of rotatable bonds is 8. The molecule has 2 N–H and O–H groups in total. The summed E-state index contributed by atoms with van der Waals surface area (Å²) in [6.45, 7) is 8.37. The Morgan fingerprint density at radius 1 is 0.891 bits per heavy atom. The summed E-state index contributed by atoms with van der Waals surface area (Å²) in [5.74, 6) is 2.17. The minimum Gasteiger partial charge on any atom is -0.497 e. The molecule has 4 aromatic rings. The maximum Gasteiger partial charge on any atom is 0.324 e. The SMILES string of the molecule is COc1cccc(CC(=O)N2C3CCC2CC(Cc2ccc(NC(=O)Nc4cc(C(C)(C)C)nn4-c4ccc(C)cc4)cc2)C3)c1. The molecule has 8 heteroatoms. The first-order valence-electron chi connectivity index (χ1n) is 16.3. The number of nitrogens with zero attached hydrogens (tertiary/aromatic N) is 3. The lowest BCUT2D eigenvalue weighted by Crippen LogP contribution is -2.47. The smallest absolute Gasteiger partial charge is 0.324 e. The molecule has 6 rings (SSSR count). The number of amides is 3. The number of anilines is 2. The third-order valence-corrected chi connectivity index (χ3v) is 9.34. The lowest BCUT2D eigenvalue weighted by molar-refractivity contribution is -0.135. The minimum atomic E-state index is -0.316. The average molecular weight is 620 g/mol. The molecular weight excluding hydrogens is 574 g/mol. The highest BCUT2D eigenvalue weighted by Gasteiger charge is 2.42. The Bertz CT molecular complexity index is 1670. The van der Waals surface area contributed by atoms with Gasteiger partial charge in [0.25, 0.3) is 0 Å². The lowest BCUT2D eigenvalue weighted by Gasteiger charge is -2.39. The minimum absolute atomic E-state index is 0.166. The summed E-state index contributed by atoms with van der Waals surface area (Å²) in [6.07, 6.45) is 5.64. The van der Waals surface area contributed by atoms with Crippen LogP contribution in [0.3, 0.4) is 0 Å². The van der Waals surface area contributed by atoms with E-state index in [2.05, 4.69) is 48.4 Å². The Labute approximate surface area is 272 Å². The number of carbonyl (C=O) groups excluding carboxylic acids is 2. The molecule has 0 radical (unpaired) electrons. The molecule has 2 aliphatic rings. The maximum atomic E-state index is 13.3. The number of aromatic nitrogens is 2. The number of fused-ring (bicyclic) bond motifs is 2. The Morgan fingerprint density at radius 3 is 2.24 bits per heavy atom. The molecule has 0 aliphatic carbocycles. The first kappa shape index (κ1) is 31.4. The molecule has 2 unspecified atom stereocenters. The van der Waals surface area contributed by atoms with E-state index < -0.39 is 0 Å². The van der Waals surface area contributed by atoms with Gasteiger partial charge in [-0.3, -0.25) is 10.1 Å². The normalized spacial score (nSPS) is 19.2. The number of methoxy groups -OCH3 is 1. The van der Waals surface area contributed by atoms with Crippen LogP contribution in [-0.2, 0) is 23.1 Å². The zero-order valence-electron chi connectivity index (χ0n) is 27.5. The predicted molar refractivity (Wildman–Crippen MR) is 183 cm³/mol. The molecule has 0 spiro atoms. The van der Waals surface area contributed by atoms with Crippen molar-refractivity contribution in [1.29, 1.82) is 0 Å². The fourth-order valence-electron chi connectivity index (χ4n) is 6.97. The molecule has 240 valence electrons. The van der Waals surface area contributed by atoms with Gasteiger partial charge in [-0.2, -0.15) is 5.10 Å². The first-order chi connectivity index (χ1) is 22.1. The Balaban J connectivity index is 1.05. The Hall–Kier alpha value is -4.59. The topological polar surface area (TPSA) is 88.5 Å². The van der Waals surface area contributed by atoms with Crippen LogP contribution in [0.25, 0.3) is 5.69 Å². The fraction of sp³-hybridized carbons (Fsp3) is 0.395. The van der Waals surface area contributed by atoms with E-state index in [1.165, 1.54) is 5.56 Å². The van der Waals surface area contributed by atoms with Gasteiger partial charge in [0.05, 0.1) is 24.9 Å². The number of nitrogens with one attached hydrogen (secondary N) is 2. The fourth-order valence-corrected chi connectivity index (χ4v) is 6.97. The molecule has 0 saturated carbocycles. The molecular formula is C38H45N5O3. The Morgan fingerprint density at radius 2 is 1.59 bits per heavy atom. The van der Waals surface area contributed by atoms with Gasteiger partial charge in [-0.15, -0.1) is 0 Å². The van der Waals surface area contributed by atoms with Gasteiger partial charge in [0.1, 0.15) is 11.6 Å². The number of carbonyl (C=O) groups is 2. The van der Waals surface area contributed by atoms with E-state index in [1.807, 2.05) is 73.7 Å². The van der Waals surface area contributed by atoms with Gasteiger partial charge in [0.2, 0.25) is 5.91 Å². The van der Waals surface area contributed by atoms with Crippen LogP contribution in [0.15, 0.2) is 78.9 Å². The van der Waals surface area contributed by atoms with Crippen LogP contribution in [0.1, 0.15) is 68.8 Å². The van der Waals surface area contributed by atoms with Crippen LogP contribution in [0, 0.1) is 12.8 Å². The highest BCUT2D eigenvalue weighted by atomic mass is 16.5. The summed E-state index contributed by atoms with van der Waals surface area (Å²) >= 11 is 0. The van der Waals surface area contributed by atoms with Crippen LogP contribution in [0.2, 0.25) is 0 Å². The second kappa shape index (κ2) is 13.0. The molecule has 2 fully saturated rings. The number of hydrogen-bond acceptors (Lipinski definition) is 4. The van der Waals surface area contributed by atoms with E-state index >= 15 is 0 Å². The number of piperidine rings is 1. The third kappa shape index (κ3) is 7.11. The molecule has 3 heterocycles. The van der Waals surface area contributed by atoms with Crippen LogP contribution >= 0.6 is 0 Å². The van der Waals surface area contributed by atoms with E-state index in [1.54, 1.807) is 11.8 Å². The second-order valence-corrected chi connectivity index (χ2v) is 13.9. The van der Waals surface area contributed by atoms with Crippen LogP contribution in [-0.4, -0.2) is 45.8 Å². The van der Waals surface area contributed by atoms with E-state index in [4.69, 9.17) is 9.84 Å². The quantitative estimate of drug-likeness (QED) is 0.212. The largest absolute Gasteiger partial charge is 0.497 e. The highest BCUT2D eigenvalue weighted by molar-refractivity contribution is 5.99. The first-order valence-corrected chi connectivity index (χ1v) is 16.3. The van der Waals surface area contributed by atoms with E-state index in [0.29, 0.717) is 30.2 Å². The van der Waals surface area contributed by atoms with Gasteiger partial charge in [-0.05, 0) is 92.5 Å². The summed E-state index contributed by atoms with van der Waals surface area (Å²) in [5.41, 5.74) is 5.77. The summed E-state index contributed by atoms with van der Waals surface area (Å²) < 4.78 is 7.12. The number of benzene rings is 3. The van der Waals surface area contributed by atoms with E-state index in [0.717, 1.165) is 66.0 Å².